The number of hydrogen-bond donors (Lipinski definition) is 0. The molecule has 0 aliphatic heterocycles. The molecule has 1 heterocycles. The molecule has 2 aromatic carbocycles. The minimum atomic E-state index is -0.508. The fourth-order valence-corrected chi connectivity index (χ4v) is 2.65. The zero-order chi connectivity index (χ0) is 18.4. The third-order valence-electron chi connectivity index (χ3n) is 3.89. The van der Waals surface area contributed by atoms with Crippen molar-refractivity contribution in [3.8, 4) is 22.9 Å². The van der Waals surface area contributed by atoms with Gasteiger partial charge in [-0.25, -0.2) is 4.79 Å². The lowest BCUT2D eigenvalue weighted by molar-refractivity contribution is 0.0473. The predicted octanol–water partition coefficient (Wildman–Crippen LogP) is 3.99. The van der Waals surface area contributed by atoms with E-state index >= 15 is 0 Å². The van der Waals surface area contributed by atoms with Crippen LogP contribution in [0.15, 0.2) is 67.0 Å². The lowest BCUT2D eigenvalue weighted by Gasteiger charge is -2.13. The van der Waals surface area contributed by atoms with Crippen LogP contribution in [0.3, 0.4) is 0 Å². The number of methoxy groups -OCH3 is 1. The topological polar surface area (TPSA) is 72.2 Å². The molecular weight excluding hydrogens is 328 g/mol. The first kappa shape index (κ1) is 17.2. The number of aromatic nitrogens is 1. The summed E-state index contributed by atoms with van der Waals surface area (Å²) in [6.45, 7) is 0.158. The number of hydrogen-bond acceptors (Lipinski definition) is 5. The van der Waals surface area contributed by atoms with Crippen molar-refractivity contribution in [3.63, 3.8) is 0 Å². The van der Waals surface area contributed by atoms with Gasteiger partial charge >= 0.3 is 5.97 Å². The Bertz CT molecular complexity index is 962. The van der Waals surface area contributed by atoms with E-state index in [1.165, 1.54) is 13.3 Å². The van der Waals surface area contributed by atoms with Crippen LogP contribution >= 0.6 is 0 Å². The Hall–Kier alpha value is -3.65. The van der Waals surface area contributed by atoms with E-state index in [9.17, 15) is 10.1 Å². The Morgan fingerprint density at radius 2 is 1.92 bits per heavy atom. The first-order valence-corrected chi connectivity index (χ1v) is 7.97. The number of ether oxygens (including phenoxy) is 2. The highest BCUT2D eigenvalue weighted by Crippen LogP contribution is 2.35. The maximum absolute atomic E-state index is 12.6. The normalized spacial score (nSPS) is 10.0. The lowest BCUT2D eigenvalue weighted by Crippen LogP contribution is -2.08. The van der Waals surface area contributed by atoms with Crippen molar-refractivity contribution < 1.29 is 14.3 Å². The molecule has 128 valence electrons. The summed E-state index contributed by atoms with van der Waals surface area (Å²) in [7, 11) is 1.52. The summed E-state index contributed by atoms with van der Waals surface area (Å²) in [5.74, 6) is -0.000826. The molecule has 5 heteroatoms. The largest absolute Gasteiger partial charge is 0.496 e. The second-order valence-corrected chi connectivity index (χ2v) is 5.48. The summed E-state index contributed by atoms with van der Waals surface area (Å²) in [6, 6.07) is 18.4. The Balaban J connectivity index is 1.97. The standard InChI is InChI=1S/C21H16N2O3/c1-25-19-9-5-8-16(12-22)20(19)17-10-11-23-13-18(17)21(24)26-14-15-6-3-2-4-7-15/h2-11,13H,14H2,1H3. The van der Waals surface area contributed by atoms with Crippen LogP contribution in [-0.2, 0) is 11.3 Å². The van der Waals surface area contributed by atoms with Crippen molar-refractivity contribution in [1.82, 2.24) is 4.98 Å². The van der Waals surface area contributed by atoms with Gasteiger partial charge in [0, 0.05) is 23.5 Å². The monoisotopic (exact) mass is 344 g/mol. The first-order valence-electron chi connectivity index (χ1n) is 7.97. The minimum absolute atomic E-state index is 0.158. The van der Waals surface area contributed by atoms with Gasteiger partial charge < -0.3 is 9.47 Å². The Kier molecular flexibility index (Phi) is 5.25. The van der Waals surface area contributed by atoms with E-state index < -0.39 is 5.97 Å². The molecule has 0 N–H and O–H groups in total. The smallest absolute Gasteiger partial charge is 0.340 e. The van der Waals surface area contributed by atoms with Crippen LogP contribution in [0.2, 0.25) is 0 Å². The molecule has 0 amide bonds. The molecular formula is C21H16N2O3. The highest BCUT2D eigenvalue weighted by Gasteiger charge is 2.20. The molecule has 0 radical (unpaired) electrons. The van der Waals surface area contributed by atoms with E-state index in [4.69, 9.17) is 9.47 Å². The van der Waals surface area contributed by atoms with Gasteiger partial charge in [0.25, 0.3) is 0 Å². The fraction of sp³-hybridized carbons (Fsp3) is 0.0952. The third-order valence-corrected chi connectivity index (χ3v) is 3.89. The quantitative estimate of drug-likeness (QED) is 0.655. The van der Waals surface area contributed by atoms with Gasteiger partial charge in [-0.05, 0) is 23.8 Å². The molecule has 3 rings (SSSR count). The molecule has 0 atom stereocenters. The second-order valence-electron chi connectivity index (χ2n) is 5.48. The molecule has 0 saturated carbocycles. The van der Waals surface area contributed by atoms with Crippen molar-refractivity contribution in [1.29, 1.82) is 5.26 Å². The van der Waals surface area contributed by atoms with Gasteiger partial charge in [-0.1, -0.05) is 36.4 Å². The van der Waals surface area contributed by atoms with Gasteiger partial charge in [0.05, 0.1) is 24.3 Å². The number of carbonyl (C=O) groups excluding carboxylic acids is 1. The summed E-state index contributed by atoms with van der Waals surface area (Å²) >= 11 is 0. The molecule has 0 aliphatic rings. The van der Waals surface area contributed by atoms with Gasteiger partial charge in [0.1, 0.15) is 12.4 Å². The van der Waals surface area contributed by atoms with E-state index in [0.29, 0.717) is 22.4 Å². The van der Waals surface area contributed by atoms with Gasteiger partial charge in [0.15, 0.2) is 0 Å². The number of benzene rings is 2. The zero-order valence-electron chi connectivity index (χ0n) is 14.2. The van der Waals surface area contributed by atoms with Crippen LogP contribution in [0, 0.1) is 11.3 Å². The highest BCUT2D eigenvalue weighted by molar-refractivity contribution is 5.98. The van der Waals surface area contributed by atoms with Crippen LogP contribution in [0.25, 0.3) is 11.1 Å². The fourth-order valence-electron chi connectivity index (χ4n) is 2.65. The average Bonchev–Trinajstić information content (AvgIpc) is 2.72. The number of carbonyl (C=O) groups is 1. The van der Waals surface area contributed by atoms with Gasteiger partial charge in [-0.2, -0.15) is 5.26 Å². The number of rotatable bonds is 5. The van der Waals surface area contributed by atoms with Crippen molar-refractivity contribution in [2.45, 2.75) is 6.61 Å². The number of esters is 1. The molecule has 0 aliphatic carbocycles. The average molecular weight is 344 g/mol. The molecule has 1 aromatic heterocycles. The Labute approximate surface area is 151 Å². The van der Waals surface area contributed by atoms with E-state index in [-0.39, 0.29) is 12.2 Å². The minimum Gasteiger partial charge on any atom is -0.496 e. The summed E-state index contributed by atoms with van der Waals surface area (Å²) in [6.07, 6.45) is 3.01. The molecule has 0 spiro atoms. The van der Waals surface area contributed by atoms with E-state index in [0.717, 1.165) is 5.56 Å². The van der Waals surface area contributed by atoms with Crippen LogP contribution in [0.4, 0.5) is 0 Å². The predicted molar refractivity (Wildman–Crippen MR) is 96.5 cm³/mol. The van der Waals surface area contributed by atoms with Crippen molar-refractivity contribution >= 4 is 5.97 Å². The van der Waals surface area contributed by atoms with Gasteiger partial charge in [-0.15, -0.1) is 0 Å². The van der Waals surface area contributed by atoms with E-state index in [1.54, 1.807) is 30.5 Å². The molecule has 0 saturated heterocycles. The van der Waals surface area contributed by atoms with Crippen LogP contribution in [0.1, 0.15) is 21.5 Å². The van der Waals surface area contributed by atoms with E-state index in [2.05, 4.69) is 11.1 Å². The van der Waals surface area contributed by atoms with Crippen LogP contribution in [0.5, 0.6) is 5.75 Å². The summed E-state index contributed by atoms with van der Waals surface area (Å²) < 4.78 is 10.8. The number of nitriles is 1. The molecule has 3 aromatic rings. The Morgan fingerprint density at radius 3 is 2.65 bits per heavy atom. The maximum Gasteiger partial charge on any atom is 0.340 e. The zero-order valence-corrected chi connectivity index (χ0v) is 14.2. The Morgan fingerprint density at radius 1 is 1.12 bits per heavy atom. The molecule has 0 bridgehead atoms. The molecule has 5 nitrogen and oxygen atoms in total. The number of pyridine rings is 1. The number of nitrogens with zero attached hydrogens (tertiary/aromatic N) is 2. The van der Waals surface area contributed by atoms with Crippen LogP contribution in [-0.4, -0.2) is 18.1 Å². The van der Waals surface area contributed by atoms with Gasteiger partial charge in [0.2, 0.25) is 0 Å². The van der Waals surface area contributed by atoms with Crippen molar-refractivity contribution in [3.05, 3.63) is 83.7 Å². The van der Waals surface area contributed by atoms with E-state index in [1.807, 2.05) is 30.3 Å². The summed E-state index contributed by atoms with van der Waals surface area (Å²) in [4.78, 5) is 16.7. The van der Waals surface area contributed by atoms with Crippen LogP contribution < -0.4 is 4.74 Å². The second kappa shape index (κ2) is 7.95. The molecule has 0 fully saturated rings. The van der Waals surface area contributed by atoms with Crippen molar-refractivity contribution in [2.24, 2.45) is 0 Å². The molecule has 26 heavy (non-hydrogen) atoms. The van der Waals surface area contributed by atoms with Crippen molar-refractivity contribution in [2.75, 3.05) is 7.11 Å². The first-order chi connectivity index (χ1) is 12.7. The third kappa shape index (κ3) is 3.55. The molecule has 0 unspecified atom stereocenters. The maximum atomic E-state index is 12.6. The lowest BCUT2D eigenvalue weighted by atomic mass is 9.96. The SMILES string of the molecule is COc1cccc(C#N)c1-c1ccncc1C(=O)OCc1ccccc1. The summed E-state index contributed by atoms with van der Waals surface area (Å²) in [5, 5.41) is 9.44. The van der Waals surface area contributed by atoms with Gasteiger partial charge in [-0.3, -0.25) is 4.98 Å². The summed E-state index contributed by atoms with van der Waals surface area (Å²) in [5.41, 5.74) is 2.68. The highest BCUT2D eigenvalue weighted by atomic mass is 16.5.